The molecule has 1 saturated heterocycles. The van der Waals surface area contributed by atoms with Crippen LogP contribution in [0.1, 0.15) is 27.3 Å². The number of thiazole rings is 1. The van der Waals surface area contributed by atoms with Gasteiger partial charge in [0.25, 0.3) is 5.91 Å². The Morgan fingerprint density at radius 1 is 1.52 bits per heavy atom. The van der Waals surface area contributed by atoms with Gasteiger partial charge in [0.15, 0.2) is 5.82 Å². The van der Waals surface area contributed by atoms with Crippen molar-refractivity contribution in [2.45, 2.75) is 12.6 Å². The van der Waals surface area contributed by atoms with Gasteiger partial charge in [0.2, 0.25) is 0 Å². The Hall–Kier alpha value is -1.90. The number of aromatic nitrogens is 3. The standard InChI is InChI=1S/C15H19N5O2S/c1-19(2)8-11-3-4-17-14(18-11)12-9-20(5-6-22-12)15(21)13-7-16-10-23-13/h3-4,7,10,12H,5-6,8-9H2,1-2H3/t12-/m1/s1. The molecule has 1 amide bonds. The Bertz CT molecular complexity index is 662. The highest BCUT2D eigenvalue weighted by Crippen LogP contribution is 2.21. The lowest BCUT2D eigenvalue weighted by Crippen LogP contribution is -2.42. The van der Waals surface area contributed by atoms with Crippen molar-refractivity contribution in [3.63, 3.8) is 0 Å². The van der Waals surface area contributed by atoms with Crippen LogP contribution in [0.25, 0.3) is 0 Å². The van der Waals surface area contributed by atoms with Gasteiger partial charge in [-0.1, -0.05) is 0 Å². The summed E-state index contributed by atoms with van der Waals surface area (Å²) in [4.78, 5) is 29.8. The smallest absolute Gasteiger partial charge is 0.265 e. The minimum Gasteiger partial charge on any atom is -0.367 e. The second-order valence-corrected chi connectivity index (χ2v) is 6.51. The van der Waals surface area contributed by atoms with Gasteiger partial charge in [-0.3, -0.25) is 9.78 Å². The second-order valence-electron chi connectivity index (χ2n) is 5.62. The van der Waals surface area contributed by atoms with Gasteiger partial charge in [-0.05, 0) is 20.2 Å². The summed E-state index contributed by atoms with van der Waals surface area (Å²) in [6, 6.07) is 1.90. The Kier molecular flexibility index (Phi) is 4.94. The van der Waals surface area contributed by atoms with Crippen LogP contribution in [0.15, 0.2) is 24.0 Å². The molecule has 122 valence electrons. The van der Waals surface area contributed by atoms with Gasteiger partial charge in [0.05, 0.1) is 30.6 Å². The molecule has 1 aliphatic rings. The first kappa shape index (κ1) is 16.0. The number of nitrogens with zero attached hydrogens (tertiary/aromatic N) is 5. The molecule has 0 aromatic carbocycles. The number of hydrogen-bond donors (Lipinski definition) is 0. The Balaban J connectivity index is 1.72. The van der Waals surface area contributed by atoms with Crippen molar-refractivity contribution in [1.82, 2.24) is 24.8 Å². The molecule has 3 heterocycles. The summed E-state index contributed by atoms with van der Waals surface area (Å²) in [5.74, 6) is 0.622. The number of hydrogen-bond acceptors (Lipinski definition) is 7. The van der Waals surface area contributed by atoms with Crippen LogP contribution in [0.4, 0.5) is 0 Å². The summed E-state index contributed by atoms with van der Waals surface area (Å²) in [5.41, 5.74) is 2.61. The van der Waals surface area contributed by atoms with Crippen molar-refractivity contribution in [1.29, 1.82) is 0 Å². The lowest BCUT2D eigenvalue weighted by Gasteiger charge is -2.32. The molecule has 2 aromatic rings. The lowest BCUT2D eigenvalue weighted by molar-refractivity contribution is -0.0267. The molecule has 23 heavy (non-hydrogen) atoms. The van der Waals surface area contributed by atoms with Crippen molar-refractivity contribution in [2.75, 3.05) is 33.8 Å². The summed E-state index contributed by atoms with van der Waals surface area (Å²) in [6.07, 6.45) is 3.06. The zero-order chi connectivity index (χ0) is 16.2. The molecule has 0 aliphatic carbocycles. The van der Waals surface area contributed by atoms with E-state index in [0.717, 1.165) is 12.2 Å². The van der Waals surface area contributed by atoms with Crippen molar-refractivity contribution in [2.24, 2.45) is 0 Å². The van der Waals surface area contributed by atoms with E-state index in [2.05, 4.69) is 15.0 Å². The number of amides is 1. The monoisotopic (exact) mass is 333 g/mol. The van der Waals surface area contributed by atoms with Crippen molar-refractivity contribution >= 4 is 17.2 Å². The Morgan fingerprint density at radius 3 is 3.13 bits per heavy atom. The van der Waals surface area contributed by atoms with Crippen LogP contribution in [-0.4, -0.2) is 64.5 Å². The zero-order valence-corrected chi connectivity index (χ0v) is 14.0. The summed E-state index contributed by atoms with van der Waals surface area (Å²) in [6.45, 7) is 2.26. The van der Waals surface area contributed by atoms with E-state index >= 15 is 0 Å². The van der Waals surface area contributed by atoms with Crippen molar-refractivity contribution in [3.8, 4) is 0 Å². The number of morpholine rings is 1. The van der Waals surface area contributed by atoms with Gasteiger partial charge in [0, 0.05) is 19.3 Å². The van der Waals surface area contributed by atoms with Crippen LogP contribution in [-0.2, 0) is 11.3 Å². The first-order valence-electron chi connectivity index (χ1n) is 7.39. The highest BCUT2D eigenvalue weighted by atomic mass is 32.1. The summed E-state index contributed by atoms with van der Waals surface area (Å²) in [5, 5.41) is 0. The molecule has 0 spiro atoms. The van der Waals surface area contributed by atoms with Crippen LogP contribution >= 0.6 is 11.3 Å². The number of carbonyl (C=O) groups is 1. The lowest BCUT2D eigenvalue weighted by atomic mass is 10.2. The van der Waals surface area contributed by atoms with E-state index in [1.54, 1.807) is 22.8 Å². The molecule has 0 N–H and O–H groups in total. The van der Waals surface area contributed by atoms with E-state index in [4.69, 9.17) is 4.74 Å². The molecule has 0 unspecified atom stereocenters. The molecule has 1 aliphatic heterocycles. The minimum atomic E-state index is -0.289. The molecule has 7 nitrogen and oxygen atoms in total. The number of rotatable bonds is 4. The van der Waals surface area contributed by atoms with Gasteiger partial charge in [-0.15, -0.1) is 11.3 Å². The average molecular weight is 333 g/mol. The second kappa shape index (κ2) is 7.12. The molecule has 0 saturated carbocycles. The van der Waals surface area contributed by atoms with Crippen molar-refractivity contribution in [3.05, 3.63) is 40.4 Å². The fraction of sp³-hybridized carbons (Fsp3) is 0.467. The highest BCUT2D eigenvalue weighted by molar-refractivity contribution is 7.11. The minimum absolute atomic E-state index is 0.00903. The molecular weight excluding hydrogens is 314 g/mol. The summed E-state index contributed by atoms with van der Waals surface area (Å²) < 4.78 is 5.78. The third-order valence-electron chi connectivity index (χ3n) is 3.49. The van der Waals surface area contributed by atoms with Crippen molar-refractivity contribution < 1.29 is 9.53 Å². The number of ether oxygens (including phenoxy) is 1. The summed E-state index contributed by atoms with van der Waals surface area (Å²) in [7, 11) is 3.99. The van der Waals surface area contributed by atoms with Crippen LogP contribution in [0, 0.1) is 0 Å². The Morgan fingerprint density at radius 2 is 2.39 bits per heavy atom. The van der Waals surface area contributed by atoms with E-state index in [-0.39, 0.29) is 12.0 Å². The fourth-order valence-electron chi connectivity index (χ4n) is 2.45. The van der Waals surface area contributed by atoms with E-state index < -0.39 is 0 Å². The van der Waals surface area contributed by atoms with Crippen LogP contribution < -0.4 is 0 Å². The van der Waals surface area contributed by atoms with E-state index in [9.17, 15) is 4.79 Å². The highest BCUT2D eigenvalue weighted by Gasteiger charge is 2.28. The van der Waals surface area contributed by atoms with Crippen LogP contribution in [0.5, 0.6) is 0 Å². The molecule has 0 radical (unpaired) electrons. The topological polar surface area (TPSA) is 71.5 Å². The quantitative estimate of drug-likeness (QED) is 0.837. The van der Waals surface area contributed by atoms with Gasteiger partial charge in [0.1, 0.15) is 11.0 Å². The summed E-state index contributed by atoms with van der Waals surface area (Å²) >= 11 is 1.35. The maximum Gasteiger partial charge on any atom is 0.265 e. The fourth-order valence-corrected chi connectivity index (χ4v) is 3.03. The van der Waals surface area contributed by atoms with Crippen LogP contribution in [0.2, 0.25) is 0 Å². The molecule has 1 fully saturated rings. The zero-order valence-electron chi connectivity index (χ0n) is 13.2. The third kappa shape index (κ3) is 3.90. The largest absolute Gasteiger partial charge is 0.367 e. The maximum absolute atomic E-state index is 12.4. The Labute approximate surface area is 138 Å². The number of carbonyl (C=O) groups excluding carboxylic acids is 1. The molecule has 1 atom stereocenters. The predicted octanol–water partition coefficient (Wildman–Crippen LogP) is 1.21. The van der Waals surface area contributed by atoms with E-state index in [0.29, 0.717) is 30.4 Å². The molecular formula is C15H19N5O2S. The SMILES string of the molecule is CN(C)Cc1ccnc([C@H]2CN(C(=O)c3cncs3)CCO2)n1. The van der Waals surface area contributed by atoms with Gasteiger partial charge in [-0.2, -0.15) is 0 Å². The first-order chi connectivity index (χ1) is 11.1. The average Bonchev–Trinajstić information content (AvgIpc) is 3.08. The van der Waals surface area contributed by atoms with E-state index in [1.165, 1.54) is 11.3 Å². The molecule has 0 bridgehead atoms. The molecule has 8 heteroatoms. The predicted molar refractivity (Wildman–Crippen MR) is 86.1 cm³/mol. The molecule has 2 aromatic heterocycles. The van der Waals surface area contributed by atoms with E-state index in [1.807, 2.05) is 25.1 Å². The normalized spacial score (nSPS) is 18.4. The van der Waals surface area contributed by atoms with Gasteiger partial charge >= 0.3 is 0 Å². The molecule has 3 rings (SSSR count). The van der Waals surface area contributed by atoms with Crippen LogP contribution in [0.3, 0.4) is 0 Å². The van der Waals surface area contributed by atoms with Gasteiger partial charge < -0.3 is 14.5 Å². The maximum atomic E-state index is 12.4. The first-order valence-corrected chi connectivity index (χ1v) is 8.27. The van der Waals surface area contributed by atoms with Gasteiger partial charge in [-0.25, -0.2) is 9.97 Å². The third-order valence-corrected chi connectivity index (χ3v) is 4.26.